The van der Waals surface area contributed by atoms with E-state index < -0.39 is 0 Å². The summed E-state index contributed by atoms with van der Waals surface area (Å²) in [5, 5.41) is 4.90. The van der Waals surface area contributed by atoms with Gasteiger partial charge in [0.1, 0.15) is 0 Å². The monoisotopic (exact) mass is 249 g/mol. The van der Waals surface area contributed by atoms with Gasteiger partial charge < -0.3 is 5.73 Å². The standard InChI is InChI=1S/C13H16ClN3/c1-9-3-4-10(12(14)5-9)6-13(15)11-7-16-17(2)8-11/h3-5,7-8,13H,6,15H2,1-2H3. The molecule has 1 aromatic heterocycles. The van der Waals surface area contributed by atoms with Gasteiger partial charge in [0.05, 0.1) is 6.20 Å². The molecule has 1 aromatic carbocycles. The van der Waals surface area contributed by atoms with Crippen molar-refractivity contribution in [2.75, 3.05) is 0 Å². The van der Waals surface area contributed by atoms with Gasteiger partial charge in [0.25, 0.3) is 0 Å². The zero-order valence-electron chi connectivity index (χ0n) is 10.0. The molecule has 0 amide bonds. The van der Waals surface area contributed by atoms with E-state index in [1.807, 2.05) is 32.3 Å². The van der Waals surface area contributed by atoms with Gasteiger partial charge in [-0.3, -0.25) is 4.68 Å². The third-order valence-corrected chi connectivity index (χ3v) is 3.15. The maximum Gasteiger partial charge on any atom is 0.0537 e. The van der Waals surface area contributed by atoms with Gasteiger partial charge in [0.15, 0.2) is 0 Å². The molecule has 17 heavy (non-hydrogen) atoms. The van der Waals surface area contributed by atoms with Crippen LogP contribution in [0.4, 0.5) is 0 Å². The summed E-state index contributed by atoms with van der Waals surface area (Å²) < 4.78 is 1.76. The van der Waals surface area contributed by atoms with Crippen molar-refractivity contribution < 1.29 is 0 Å². The van der Waals surface area contributed by atoms with Gasteiger partial charge in [-0.2, -0.15) is 5.10 Å². The summed E-state index contributed by atoms with van der Waals surface area (Å²) in [5.74, 6) is 0. The van der Waals surface area contributed by atoms with Gasteiger partial charge in [0.2, 0.25) is 0 Å². The first-order valence-corrected chi connectivity index (χ1v) is 5.93. The Balaban J connectivity index is 2.15. The summed E-state index contributed by atoms with van der Waals surface area (Å²) in [5.41, 5.74) is 9.41. The molecule has 1 unspecified atom stereocenters. The summed E-state index contributed by atoms with van der Waals surface area (Å²) in [6.45, 7) is 2.02. The van der Waals surface area contributed by atoms with Crippen molar-refractivity contribution >= 4 is 11.6 Å². The number of nitrogens with two attached hydrogens (primary N) is 1. The van der Waals surface area contributed by atoms with E-state index in [0.717, 1.165) is 28.1 Å². The molecule has 0 radical (unpaired) electrons. The Morgan fingerprint density at radius 1 is 1.47 bits per heavy atom. The quantitative estimate of drug-likeness (QED) is 0.909. The van der Waals surface area contributed by atoms with Crippen molar-refractivity contribution in [3.05, 3.63) is 52.3 Å². The van der Waals surface area contributed by atoms with Crippen LogP contribution in [0.2, 0.25) is 5.02 Å². The van der Waals surface area contributed by atoms with Gasteiger partial charge >= 0.3 is 0 Å². The molecule has 0 bridgehead atoms. The third-order valence-electron chi connectivity index (χ3n) is 2.80. The van der Waals surface area contributed by atoms with Gasteiger partial charge in [0, 0.05) is 29.9 Å². The number of nitrogens with zero attached hydrogens (tertiary/aromatic N) is 2. The molecule has 90 valence electrons. The molecule has 0 aliphatic heterocycles. The van der Waals surface area contributed by atoms with Crippen molar-refractivity contribution in [2.24, 2.45) is 12.8 Å². The SMILES string of the molecule is Cc1ccc(CC(N)c2cnn(C)c2)c(Cl)c1. The second-order valence-electron chi connectivity index (χ2n) is 4.35. The minimum Gasteiger partial charge on any atom is -0.324 e. The molecule has 0 spiro atoms. The first-order valence-electron chi connectivity index (χ1n) is 5.55. The smallest absolute Gasteiger partial charge is 0.0537 e. The Kier molecular flexibility index (Phi) is 3.50. The lowest BCUT2D eigenvalue weighted by Crippen LogP contribution is -2.13. The minimum atomic E-state index is -0.0658. The molecule has 0 fully saturated rings. The van der Waals surface area contributed by atoms with Crippen LogP contribution in [0.5, 0.6) is 0 Å². The Labute approximate surface area is 106 Å². The Morgan fingerprint density at radius 2 is 2.24 bits per heavy atom. The highest BCUT2D eigenvalue weighted by molar-refractivity contribution is 6.31. The van der Waals surface area contributed by atoms with Crippen molar-refractivity contribution in [3.8, 4) is 0 Å². The second-order valence-corrected chi connectivity index (χ2v) is 4.76. The van der Waals surface area contributed by atoms with E-state index in [0.29, 0.717) is 0 Å². The van der Waals surface area contributed by atoms with Crippen LogP contribution >= 0.6 is 11.6 Å². The summed E-state index contributed by atoms with van der Waals surface area (Å²) in [6, 6.07) is 5.99. The lowest BCUT2D eigenvalue weighted by atomic mass is 10.0. The average Bonchev–Trinajstić information content (AvgIpc) is 2.69. The fraction of sp³-hybridized carbons (Fsp3) is 0.308. The van der Waals surface area contributed by atoms with Crippen LogP contribution in [-0.2, 0) is 13.5 Å². The fourth-order valence-electron chi connectivity index (χ4n) is 1.80. The van der Waals surface area contributed by atoms with Crippen LogP contribution < -0.4 is 5.73 Å². The molecule has 0 saturated heterocycles. The summed E-state index contributed by atoms with van der Waals surface area (Å²) in [6.07, 6.45) is 4.46. The van der Waals surface area contributed by atoms with Crippen molar-refractivity contribution in [2.45, 2.75) is 19.4 Å². The normalized spacial score (nSPS) is 12.7. The fourth-order valence-corrected chi connectivity index (χ4v) is 2.12. The number of benzene rings is 1. The minimum absolute atomic E-state index is 0.0658. The summed E-state index contributed by atoms with van der Waals surface area (Å²) >= 11 is 6.19. The Bertz CT molecular complexity index is 519. The van der Waals surface area contributed by atoms with Crippen molar-refractivity contribution in [3.63, 3.8) is 0 Å². The Hall–Kier alpha value is -1.32. The summed E-state index contributed by atoms with van der Waals surface area (Å²) in [7, 11) is 1.88. The lowest BCUT2D eigenvalue weighted by molar-refractivity contribution is 0.717. The Morgan fingerprint density at radius 3 is 2.82 bits per heavy atom. The van der Waals surface area contributed by atoms with Crippen molar-refractivity contribution in [1.82, 2.24) is 9.78 Å². The maximum atomic E-state index is 6.19. The molecule has 3 nitrogen and oxygen atoms in total. The van der Waals surface area contributed by atoms with Crippen LogP contribution in [-0.4, -0.2) is 9.78 Å². The van der Waals surface area contributed by atoms with E-state index in [2.05, 4.69) is 11.2 Å². The predicted octanol–water partition coefficient (Wildman–Crippen LogP) is 2.62. The molecule has 1 heterocycles. The zero-order valence-corrected chi connectivity index (χ0v) is 10.8. The number of hydrogen-bond donors (Lipinski definition) is 1. The van der Waals surface area contributed by atoms with E-state index >= 15 is 0 Å². The first-order chi connectivity index (χ1) is 8.06. The molecule has 0 aliphatic carbocycles. The number of hydrogen-bond acceptors (Lipinski definition) is 2. The second kappa shape index (κ2) is 4.90. The molecule has 2 rings (SSSR count). The molecule has 2 aromatic rings. The van der Waals surface area contributed by atoms with Gasteiger partial charge in [-0.05, 0) is 30.5 Å². The van der Waals surface area contributed by atoms with E-state index in [1.165, 1.54) is 0 Å². The zero-order chi connectivity index (χ0) is 12.4. The summed E-state index contributed by atoms with van der Waals surface area (Å²) in [4.78, 5) is 0. The van der Waals surface area contributed by atoms with Crippen LogP contribution in [0.15, 0.2) is 30.6 Å². The molecule has 0 saturated carbocycles. The largest absolute Gasteiger partial charge is 0.324 e. The highest BCUT2D eigenvalue weighted by Gasteiger charge is 2.11. The number of aromatic nitrogens is 2. The van der Waals surface area contributed by atoms with Gasteiger partial charge in [-0.25, -0.2) is 0 Å². The molecular weight excluding hydrogens is 234 g/mol. The van der Waals surface area contributed by atoms with Crippen molar-refractivity contribution in [1.29, 1.82) is 0 Å². The number of halogens is 1. The average molecular weight is 250 g/mol. The van der Waals surface area contributed by atoms with Gasteiger partial charge in [-0.15, -0.1) is 0 Å². The van der Waals surface area contributed by atoms with Crippen LogP contribution in [0.3, 0.4) is 0 Å². The third kappa shape index (κ3) is 2.87. The molecule has 0 aliphatic rings. The van der Waals surface area contributed by atoms with Crippen LogP contribution in [0.1, 0.15) is 22.7 Å². The van der Waals surface area contributed by atoms with Crippen LogP contribution in [0, 0.1) is 6.92 Å². The van der Waals surface area contributed by atoms with E-state index in [-0.39, 0.29) is 6.04 Å². The number of aryl methyl sites for hydroxylation is 2. The van der Waals surface area contributed by atoms with E-state index in [1.54, 1.807) is 10.9 Å². The first kappa shape index (κ1) is 12.1. The number of rotatable bonds is 3. The molecule has 1 atom stereocenters. The van der Waals surface area contributed by atoms with Crippen LogP contribution in [0.25, 0.3) is 0 Å². The topological polar surface area (TPSA) is 43.8 Å². The molecule has 4 heteroatoms. The van der Waals surface area contributed by atoms with E-state index in [4.69, 9.17) is 17.3 Å². The predicted molar refractivity (Wildman–Crippen MR) is 70.0 cm³/mol. The lowest BCUT2D eigenvalue weighted by Gasteiger charge is -2.11. The highest BCUT2D eigenvalue weighted by atomic mass is 35.5. The molecule has 2 N–H and O–H groups in total. The molecular formula is C13H16ClN3. The van der Waals surface area contributed by atoms with E-state index in [9.17, 15) is 0 Å². The highest BCUT2D eigenvalue weighted by Crippen LogP contribution is 2.22. The van der Waals surface area contributed by atoms with Gasteiger partial charge in [-0.1, -0.05) is 23.7 Å². The maximum absolute atomic E-state index is 6.19.